The van der Waals surface area contributed by atoms with E-state index in [1.807, 2.05) is 30.3 Å². The van der Waals surface area contributed by atoms with Gasteiger partial charge in [-0.3, -0.25) is 14.4 Å². The number of benzene rings is 4. The van der Waals surface area contributed by atoms with E-state index in [-0.39, 0.29) is 22.3 Å². The monoisotopic (exact) mass is 603 g/mol. The van der Waals surface area contributed by atoms with Gasteiger partial charge in [0.05, 0.1) is 6.54 Å². The number of ether oxygens (including phenoxy) is 1. The molecule has 0 radical (unpaired) electrons. The van der Waals surface area contributed by atoms with Crippen LogP contribution in [-0.2, 0) is 4.79 Å². The molecule has 0 aliphatic rings. The largest absolute Gasteiger partial charge is 0.573 e. The lowest BCUT2D eigenvalue weighted by Crippen LogP contribution is -2.36. The number of carboxylic acid groups (broad SMARTS) is 1. The van der Waals surface area contributed by atoms with Gasteiger partial charge in [0, 0.05) is 22.3 Å². The average Bonchev–Trinajstić information content (AvgIpc) is 3.01. The molecule has 0 fully saturated rings. The second-order valence-corrected chi connectivity index (χ2v) is 9.41. The lowest BCUT2D eigenvalue weighted by molar-refractivity contribution is -0.274. The number of aliphatic hydroxyl groups excluding tert-OH is 1. The quantitative estimate of drug-likeness (QED) is 0.151. The van der Waals surface area contributed by atoms with E-state index in [4.69, 9.17) is 5.11 Å². The molecule has 11 heteroatoms. The number of aliphatic hydroxyl groups is 1. The molecule has 0 bridgehead atoms. The first kappa shape index (κ1) is 31.4. The molecule has 44 heavy (non-hydrogen) atoms. The molecule has 4 aromatic rings. The Labute approximate surface area is 249 Å². The number of aliphatic carboxylic acids is 1. The Bertz CT molecular complexity index is 1700. The van der Waals surface area contributed by atoms with Crippen molar-refractivity contribution in [2.45, 2.75) is 12.5 Å². The van der Waals surface area contributed by atoms with Gasteiger partial charge in [0.15, 0.2) is 17.7 Å². The van der Waals surface area contributed by atoms with Gasteiger partial charge in [0.25, 0.3) is 5.91 Å². The highest BCUT2D eigenvalue weighted by atomic mass is 19.4. The highest BCUT2D eigenvalue weighted by molar-refractivity contribution is 6.32. The van der Waals surface area contributed by atoms with E-state index < -0.39 is 48.2 Å². The van der Waals surface area contributed by atoms with Crippen LogP contribution in [0.15, 0.2) is 109 Å². The molecule has 4 aromatic carbocycles. The zero-order valence-corrected chi connectivity index (χ0v) is 22.7. The van der Waals surface area contributed by atoms with Gasteiger partial charge in [-0.15, -0.1) is 13.2 Å². The predicted molar refractivity (Wildman–Crippen MR) is 154 cm³/mol. The first-order valence-electron chi connectivity index (χ1n) is 13.0. The third kappa shape index (κ3) is 8.26. The summed E-state index contributed by atoms with van der Waals surface area (Å²) >= 11 is 0. The molecule has 0 saturated heterocycles. The van der Waals surface area contributed by atoms with E-state index in [0.29, 0.717) is 5.56 Å². The Morgan fingerprint density at radius 2 is 1.34 bits per heavy atom. The van der Waals surface area contributed by atoms with Gasteiger partial charge in [0.2, 0.25) is 0 Å². The van der Waals surface area contributed by atoms with Crippen LogP contribution < -0.4 is 10.1 Å². The van der Waals surface area contributed by atoms with Crippen LogP contribution in [0.2, 0.25) is 0 Å². The molecule has 0 spiro atoms. The molecule has 0 heterocycles. The van der Waals surface area contributed by atoms with Crippen LogP contribution in [0.25, 0.3) is 16.7 Å². The minimum absolute atomic E-state index is 0.0569. The number of hydrogen-bond donors (Lipinski definition) is 3. The number of amides is 1. The fraction of sp³-hybridized carbons (Fsp3) is 0.0909. The number of rotatable bonds is 11. The number of carbonyl (C=O) groups is 4. The van der Waals surface area contributed by atoms with E-state index in [1.54, 1.807) is 24.3 Å². The fourth-order valence-electron chi connectivity index (χ4n) is 4.12. The molecule has 0 aliphatic heterocycles. The summed E-state index contributed by atoms with van der Waals surface area (Å²) in [7, 11) is 0. The Kier molecular flexibility index (Phi) is 9.71. The summed E-state index contributed by atoms with van der Waals surface area (Å²) in [6, 6.07) is 25.9. The third-order valence-electron chi connectivity index (χ3n) is 6.33. The molecule has 0 saturated carbocycles. The number of carboxylic acids is 1. The van der Waals surface area contributed by atoms with Crippen molar-refractivity contribution in [3.8, 4) is 16.9 Å². The Morgan fingerprint density at radius 1 is 0.750 bits per heavy atom. The van der Waals surface area contributed by atoms with Gasteiger partial charge >= 0.3 is 12.3 Å². The normalized spacial score (nSPS) is 12.2. The zero-order chi connectivity index (χ0) is 31.9. The number of hydrogen-bond acceptors (Lipinski definition) is 6. The van der Waals surface area contributed by atoms with Crippen molar-refractivity contribution < 1.29 is 47.3 Å². The average molecular weight is 604 g/mol. The maximum Gasteiger partial charge on any atom is 0.573 e. The molecular formula is C33H24F3NO7. The van der Waals surface area contributed by atoms with Crippen molar-refractivity contribution in [2.24, 2.45) is 0 Å². The molecule has 1 atom stereocenters. The van der Waals surface area contributed by atoms with Crippen LogP contribution in [0, 0.1) is 0 Å². The minimum atomic E-state index is -4.96. The molecule has 8 nitrogen and oxygen atoms in total. The van der Waals surface area contributed by atoms with Gasteiger partial charge in [-0.25, -0.2) is 4.79 Å². The highest BCUT2D eigenvalue weighted by Crippen LogP contribution is 2.27. The van der Waals surface area contributed by atoms with Crippen molar-refractivity contribution in [1.29, 1.82) is 0 Å². The molecule has 0 unspecified atom stereocenters. The van der Waals surface area contributed by atoms with E-state index in [0.717, 1.165) is 29.3 Å². The number of nitrogens with one attached hydrogen (secondary N) is 1. The molecule has 0 aromatic heterocycles. The Morgan fingerprint density at radius 3 is 1.95 bits per heavy atom. The van der Waals surface area contributed by atoms with Crippen molar-refractivity contribution in [1.82, 2.24) is 5.32 Å². The topological polar surface area (TPSA) is 130 Å². The summed E-state index contributed by atoms with van der Waals surface area (Å²) in [5.74, 6) is -4.14. The lowest BCUT2D eigenvalue weighted by Gasteiger charge is -2.11. The van der Waals surface area contributed by atoms with Gasteiger partial charge in [-0.05, 0) is 47.0 Å². The number of halogens is 3. The molecule has 0 aliphatic carbocycles. The number of Topliss-reactive ketones (excluding diaryl/α,β-unsaturated/α-hetero) is 1. The number of allylic oxidation sites excluding steroid dienone is 2. The molecule has 3 N–H and O–H groups in total. The van der Waals surface area contributed by atoms with Crippen LogP contribution in [0.4, 0.5) is 13.2 Å². The number of alkyl halides is 3. The van der Waals surface area contributed by atoms with Gasteiger partial charge in [-0.1, -0.05) is 78.9 Å². The number of ketones is 2. The van der Waals surface area contributed by atoms with Gasteiger partial charge in [0.1, 0.15) is 5.75 Å². The van der Waals surface area contributed by atoms with Crippen LogP contribution in [0.5, 0.6) is 5.75 Å². The Balaban J connectivity index is 1.66. The third-order valence-corrected chi connectivity index (χ3v) is 6.33. The highest BCUT2D eigenvalue weighted by Gasteiger charge is 2.31. The van der Waals surface area contributed by atoms with Crippen molar-refractivity contribution in [3.05, 3.63) is 131 Å². The van der Waals surface area contributed by atoms with Crippen LogP contribution >= 0.6 is 0 Å². The van der Waals surface area contributed by atoms with Gasteiger partial charge < -0.3 is 20.3 Å². The van der Waals surface area contributed by atoms with E-state index in [2.05, 4.69) is 10.1 Å². The zero-order valence-electron chi connectivity index (χ0n) is 22.7. The van der Waals surface area contributed by atoms with E-state index >= 15 is 0 Å². The summed E-state index contributed by atoms with van der Waals surface area (Å²) in [5, 5.41) is 20.4. The first-order chi connectivity index (χ1) is 20.9. The molecule has 4 rings (SSSR count). The lowest BCUT2D eigenvalue weighted by atomic mass is 9.92. The van der Waals surface area contributed by atoms with E-state index in [1.165, 1.54) is 36.4 Å². The summed E-state index contributed by atoms with van der Waals surface area (Å²) in [5.41, 5.74) is 2.08. The predicted octanol–water partition coefficient (Wildman–Crippen LogP) is 5.58. The summed E-state index contributed by atoms with van der Waals surface area (Å²) in [6.07, 6.45) is -5.72. The maximum absolute atomic E-state index is 13.7. The number of carbonyl (C=O) groups excluding carboxylic acids is 3. The van der Waals surface area contributed by atoms with Crippen LogP contribution in [-0.4, -0.2) is 52.7 Å². The summed E-state index contributed by atoms with van der Waals surface area (Å²) in [6.45, 7) is -0.530. The summed E-state index contributed by atoms with van der Waals surface area (Å²) in [4.78, 5) is 50.0. The van der Waals surface area contributed by atoms with Crippen molar-refractivity contribution in [2.75, 3.05) is 6.54 Å². The van der Waals surface area contributed by atoms with Crippen molar-refractivity contribution >= 4 is 29.0 Å². The second-order valence-electron chi connectivity index (χ2n) is 9.41. The van der Waals surface area contributed by atoms with E-state index in [9.17, 15) is 37.5 Å². The smallest absolute Gasteiger partial charge is 0.479 e. The molecule has 1 amide bonds. The fourth-order valence-corrected chi connectivity index (χ4v) is 4.12. The van der Waals surface area contributed by atoms with Crippen LogP contribution in [0.1, 0.15) is 36.6 Å². The molecule has 224 valence electrons. The second kappa shape index (κ2) is 13.6. The standard InChI is InChI=1S/C33H24F3NO7/c34-33(35,36)44-26-8-4-7-25(17-26)28(38)18-27(22-11-9-21(10-12-22)20-5-2-1-3-6-20)30(40)23-13-15-24(16-14-23)31(41)37-19-29(39)32(42)43/h1-18,29,39H,19H2,(H,37,41)(H,42,43)/t29-/m1/s1. The SMILES string of the molecule is O=C(C=C(C(=O)c1ccc(C(=O)NC[C@@H](O)C(=O)O)cc1)c1ccc(-c2ccccc2)cc1)c1cccc(OC(F)(F)F)c1. The van der Waals surface area contributed by atoms with Crippen LogP contribution in [0.3, 0.4) is 0 Å². The minimum Gasteiger partial charge on any atom is -0.479 e. The Hall–Kier alpha value is -5.55. The maximum atomic E-state index is 13.7. The van der Waals surface area contributed by atoms with Gasteiger partial charge in [-0.2, -0.15) is 0 Å². The molecular weight excluding hydrogens is 579 g/mol. The first-order valence-corrected chi connectivity index (χ1v) is 13.0. The summed E-state index contributed by atoms with van der Waals surface area (Å²) < 4.78 is 42.1. The van der Waals surface area contributed by atoms with Crippen molar-refractivity contribution in [3.63, 3.8) is 0 Å².